The number of fused-ring (bicyclic) bond motifs is 2. The van der Waals surface area contributed by atoms with Gasteiger partial charge in [0.2, 0.25) is 0 Å². The third-order valence-corrected chi connectivity index (χ3v) is 8.50. The highest BCUT2D eigenvalue weighted by molar-refractivity contribution is 5.95. The number of carbonyl (C=O) groups is 2. The lowest BCUT2D eigenvalue weighted by Gasteiger charge is -2.33. The molecule has 41 heavy (non-hydrogen) atoms. The van der Waals surface area contributed by atoms with Crippen LogP contribution in [0, 0.1) is 11.3 Å². The number of carboxylic acid groups (broad SMARTS) is 1. The average molecular weight is 556 g/mol. The van der Waals surface area contributed by atoms with Gasteiger partial charge in [0, 0.05) is 58.2 Å². The predicted octanol–water partition coefficient (Wildman–Crippen LogP) is 3.87. The molecule has 1 fully saturated rings. The maximum atomic E-state index is 13.4. The van der Waals surface area contributed by atoms with Crippen molar-refractivity contribution in [2.75, 3.05) is 47.8 Å². The van der Waals surface area contributed by atoms with E-state index >= 15 is 0 Å². The summed E-state index contributed by atoms with van der Waals surface area (Å²) in [5.74, 6) is -1.03. The quantitative estimate of drug-likeness (QED) is 0.430. The molecule has 1 aliphatic heterocycles. The number of aryl methyl sites for hydroxylation is 2. The minimum atomic E-state index is -1.31. The Hall–Kier alpha value is -4.09. The molecule has 2 aliphatic rings. The lowest BCUT2D eigenvalue weighted by molar-refractivity contribution is -0.142. The molecule has 216 valence electrons. The molecule has 8 nitrogen and oxygen atoms in total. The molecule has 0 saturated carbocycles. The Kier molecular flexibility index (Phi) is 8.89. The van der Waals surface area contributed by atoms with Gasteiger partial charge >= 0.3 is 5.97 Å². The van der Waals surface area contributed by atoms with E-state index in [9.17, 15) is 20.0 Å². The zero-order valence-electron chi connectivity index (χ0n) is 24.7. The molecule has 1 saturated heterocycles. The van der Waals surface area contributed by atoms with Crippen LogP contribution in [0.15, 0.2) is 55.3 Å². The number of likely N-dealkylation sites (tertiary alicyclic amines) is 1. The third-order valence-electron chi connectivity index (χ3n) is 8.50. The van der Waals surface area contributed by atoms with Crippen molar-refractivity contribution in [1.82, 2.24) is 20.0 Å². The van der Waals surface area contributed by atoms with Crippen LogP contribution in [0.2, 0.25) is 0 Å². The second-order valence-corrected chi connectivity index (χ2v) is 11.5. The lowest BCUT2D eigenvalue weighted by Crippen LogP contribution is -2.41. The summed E-state index contributed by atoms with van der Waals surface area (Å²) < 4.78 is 0. The minimum Gasteiger partial charge on any atom is -0.480 e. The molecule has 2 aromatic rings. The number of benzene rings is 2. The van der Waals surface area contributed by atoms with Crippen LogP contribution in [0.1, 0.15) is 57.4 Å². The lowest BCUT2D eigenvalue weighted by atomic mass is 9.69. The van der Waals surface area contributed by atoms with Crippen molar-refractivity contribution >= 4 is 17.6 Å². The van der Waals surface area contributed by atoms with Crippen LogP contribution < -0.4 is 5.32 Å². The number of aliphatic carboxylic acids is 1. The number of carboxylic acids is 1. The molecule has 2 unspecified atom stereocenters. The third kappa shape index (κ3) is 5.73. The van der Waals surface area contributed by atoms with E-state index in [0.29, 0.717) is 37.9 Å². The number of hydrogen-bond acceptors (Lipinski definition) is 6. The smallest absolute Gasteiger partial charge is 0.318 e. The van der Waals surface area contributed by atoms with Gasteiger partial charge in [-0.1, -0.05) is 31.4 Å². The van der Waals surface area contributed by atoms with Gasteiger partial charge < -0.3 is 25.1 Å². The Bertz CT molecular complexity index is 1330. The Balaban J connectivity index is 1.72. The van der Waals surface area contributed by atoms with Crippen molar-refractivity contribution in [1.29, 1.82) is 5.26 Å². The first-order valence-corrected chi connectivity index (χ1v) is 14.1. The molecular weight excluding hydrogens is 514 g/mol. The fourth-order valence-electron chi connectivity index (χ4n) is 6.17. The van der Waals surface area contributed by atoms with Gasteiger partial charge in [0.1, 0.15) is 11.5 Å². The number of nitrogens with zero attached hydrogens (tertiary/aromatic N) is 4. The van der Waals surface area contributed by atoms with Crippen LogP contribution in [0.3, 0.4) is 0 Å². The van der Waals surface area contributed by atoms with Crippen molar-refractivity contribution in [3.8, 4) is 6.07 Å². The molecule has 1 aliphatic carbocycles. The van der Waals surface area contributed by atoms with E-state index in [1.54, 1.807) is 20.2 Å². The molecule has 0 spiro atoms. The Labute approximate surface area is 243 Å². The van der Waals surface area contributed by atoms with Crippen molar-refractivity contribution in [3.63, 3.8) is 0 Å². The Morgan fingerprint density at radius 3 is 2.22 bits per heavy atom. The number of carbonyl (C=O) groups excluding carboxylic acids is 1. The zero-order chi connectivity index (χ0) is 29.9. The van der Waals surface area contributed by atoms with Crippen LogP contribution in [0.25, 0.3) is 5.70 Å². The summed E-state index contributed by atoms with van der Waals surface area (Å²) in [6.07, 6.45) is 3.39. The Morgan fingerprint density at radius 1 is 1.05 bits per heavy atom. The summed E-state index contributed by atoms with van der Waals surface area (Å²) in [6, 6.07) is 13.6. The first kappa shape index (κ1) is 29.9. The van der Waals surface area contributed by atoms with Gasteiger partial charge in [-0.15, -0.1) is 0 Å². The van der Waals surface area contributed by atoms with Crippen LogP contribution in [0.4, 0.5) is 0 Å². The van der Waals surface area contributed by atoms with Gasteiger partial charge in [0.25, 0.3) is 5.91 Å². The van der Waals surface area contributed by atoms with Crippen molar-refractivity contribution in [2.24, 2.45) is 0 Å². The molecular formula is C33H41N5O3. The van der Waals surface area contributed by atoms with Crippen molar-refractivity contribution < 1.29 is 14.7 Å². The van der Waals surface area contributed by atoms with Crippen LogP contribution in [-0.4, -0.2) is 85.5 Å². The monoisotopic (exact) mass is 555 g/mol. The van der Waals surface area contributed by atoms with Crippen LogP contribution in [-0.2, 0) is 23.1 Å². The molecule has 2 aromatic carbocycles. The molecule has 1 amide bonds. The second kappa shape index (κ2) is 12.2. The Morgan fingerprint density at radius 2 is 1.66 bits per heavy atom. The summed E-state index contributed by atoms with van der Waals surface area (Å²) in [4.78, 5) is 31.8. The second-order valence-electron chi connectivity index (χ2n) is 11.5. The van der Waals surface area contributed by atoms with E-state index in [2.05, 4.69) is 30.6 Å². The highest BCUT2D eigenvalue weighted by Crippen LogP contribution is 2.43. The highest BCUT2D eigenvalue weighted by atomic mass is 16.4. The van der Waals surface area contributed by atoms with Crippen molar-refractivity contribution in [3.05, 3.63) is 88.6 Å². The number of rotatable bonds is 10. The number of hydrogen-bond donors (Lipinski definition) is 2. The fraction of sp³-hybridized carbons (Fsp3) is 0.424. The first-order valence-electron chi connectivity index (χ1n) is 14.1. The van der Waals surface area contributed by atoms with Gasteiger partial charge in [-0.25, -0.2) is 0 Å². The van der Waals surface area contributed by atoms with E-state index in [-0.39, 0.29) is 11.9 Å². The molecule has 8 heteroatoms. The van der Waals surface area contributed by atoms with E-state index in [1.807, 2.05) is 48.2 Å². The molecule has 0 bridgehead atoms. The summed E-state index contributed by atoms with van der Waals surface area (Å²) in [5, 5.41) is 23.9. The van der Waals surface area contributed by atoms with Crippen LogP contribution in [0.5, 0.6) is 0 Å². The van der Waals surface area contributed by atoms with Gasteiger partial charge in [0.15, 0.2) is 0 Å². The van der Waals surface area contributed by atoms with Gasteiger partial charge in [-0.3, -0.25) is 9.59 Å². The van der Waals surface area contributed by atoms with E-state index in [4.69, 9.17) is 0 Å². The van der Waals surface area contributed by atoms with Crippen LogP contribution >= 0.6 is 0 Å². The van der Waals surface area contributed by atoms with Gasteiger partial charge in [-0.2, -0.15) is 5.26 Å². The maximum Gasteiger partial charge on any atom is 0.318 e. The first-order chi connectivity index (χ1) is 19.5. The number of amides is 1. The standard InChI is InChI=1S/C33H41N5O3/c1-22(38-17-7-8-28(38)20-34)21-35-16-15-33(32(40)41)29-13-11-24(23(2)36(3)4)18-25(29)9-10-26-19-27(12-14-30(26)33)31(39)37(5)6/h11-14,18-19,28,35H,1-2,7-10,15-17,21H2,3-6H3,(H,40,41). The predicted molar refractivity (Wildman–Crippen MR) is 161 cm³/mol. The zero-order valence-corrected chi connectivity index (χ0v) is 24.7. The summed E-state index contributed by atoms with van der Waals surface area (Å²) in [7, 11) is 7.31. The summed E-state index contributed by atoms with van der Waals surface area (Å²) in [5.41, 5.74) is 5.24. The molecule has 1 heterocycles. The largest absolute Gasteiger partial charge is 0.480 e. The molecule has 0 radical (unpaired) electrons. The fourth-order valence-corrected chi connectivity index (χ4v) is 6.17. The van der Waals surface area contributed by atoms with Gasteiger partial charge in [0.05, 0.1) is 6.07 Å². The van der Waals surface area contributed by atoms with E-state index < -0.39 is 11.4 Å². The summed E-state index contributed by atoms with van der Waals surface area (Å²) >= 11 is 0. The van der Waals surface area contributed by atoms with Crippen molar-refractivity contribution in [2.45, 2.75) is 43.6 Å². The average Bonchev–Trinajstić information content (AvgIpc) is 3.39. The SMILES string of the molecule is C=C(c1ccc2c(c1)CCc1cc(C(=O)N(C)C)ccc1C2(CCNCC(=C)N1CCCC1C#N)C(=O)O)N(C)C. The molecule has 2 atom stereocenters. The van der Waals surface area contributed by atoms with E-state index in [0.717, 1.165) is 58.6 Å². The normalized spacial score (nSPS) is 19.4. The van der Waals surface area contributed by atoms with E-state index in [1.165, 1.54) is 4.90 Å². The molecule has 0 aromatic heterocycles. The number of nitriles is 1. The summed E-state index contributed by atoms with van der Waals surface area (Å²) in [6.45, 7) is 10.1. The molecule has 4 rings (SSSR count). The van der Waals surface area contributed by atoms with Gasteiger partial charge in [-0.05, 0) is 84.7 Å². The number of nitrogens with one attached hydrogen (secondary N) is 1. The highest BCUT2D eigenvalue weighted by Gasteiger charge is 2.46. The maximum absolute atomic E-state index is 13.4. The minimum absolute atomic E-state index is 0.113. The topological polar surface area (TPSA) is 99.9 Å². The molecule has 2 N–H and O–H groups in total.